The highest BCUT2D eigenvalue weighted by Crippen LogP contribution is 2.32. The van der Waals surface area contributed by atoms with E-state index in [-0.39, 0.29) is 8.27 Å². The van der Waals surface area contributed by atoms with Gasteiger partial charge in [0.15, 0.2) is 5.65 Å². The topological polar surface area (TPSA) is 76.8 Å². The zero-order valence-electron chi connectivity index (χ0n) is 13.5. The third-order valence-electron chi connectivity index (χ3n) is 4.53. The summed E-state index contributed by atoms with van der Waals surface area (Å²) in [6.45, 7) is 3.46. The van der Waals surface area contributed by atoms with Gasteiger partial charge < -0.3 is 10.5 Å². The zero-order valence-corrected chi connectivity index (χ0v) is 13.5. The number of nitrogens with zero attached hydrogens (tertiary/aromatic N) is 2. The van der Waals surface area contributed by atoms with Gasteiger partial charge in [0.25, 0.3) is 0 Å². The fourth-order valence-electron chi connectivity index (χ4n) is 2.86. The highest BCUT2D eigenvalue weighted by Gasteiger charge is 2.25. The van der Waals surface area contributed by atoms with Gasteiger partial charge in [-0.25, -0.2) is 4.98 Å². The van der Waals surface area contributed by atoms with Crippen molar-refractivity contribution in [3.05, 3.63) is 48.3 Å². The lowest BCUT2D eigenvalue weighted by Crippen LogP contribution is -2.33. The number of H-pyrrole nitrogens is 1. The van der Waals surface area contributed by atoms with Crippen LogP contribution in [0.4, 0.5) is 0 Å². The minimum Gasteiger partial charge on any atom is -0.385 e. The molecule has 3 rings (SSSR count). The normalized spacial score (nSPS) is 14.0. The second-order valence-corrected chi connectivity index (χ2v) is 6.08. The van der Waals surface area contributed by atoms with Gasteiger partial charge in [-0.1, -0.05) is 31.2 Å². The minimum absolute atomic E-state index is 0. The summed E-state index contributed by atoms with van der Waals surface area (Å²) in [6.07, 6.45) is 4.51. The predicted octanol–water partition coefficient (Wildman–Crippen LogP) is 3.37. The number of rotatable bonds is 6. The van der Waals surface area contributed by atoms with Crippen molar-refractivity contribution in [2.75, 3.05) is 20.3 Å². The second kappa shape index (κ2) is 6.48. The van der Waals surface area contributed by atoms with Crippen molar-refractivity contribution >= 4 is 11.0 Å². The van der Waals surface area contributed by atoms with Crippen LogP contribution in [0.1, 0.15) is 21.8 Å². The Kier molecular flexibility index (Phi) is 4.41. The summed E-state index contributed by atoms with van der Waals surface area (Å²) in [7, 11) is 1.72. The quantitative estimate of drug-likeness (QED) is 0.731. The zero-order chi connectivity index (χ0) is 16.3. The number of benzene rings is 1. The van der Waals surface area contributed by atoms with Crippen LogP contribution in [0.2, 0.25) is 0 Å². The van der Waals surface area contributed by atoms with Crippen molar-refractivity contribution in [2.45, 2.75) is 18.8 Å². The molecule has 0 saturated heterocycles. The summed E-state index contributed by atoms with van der Waals surface area (Å²) in [6, 6.07) is 10.6. The lowest BCUT2D eigenvalue weighted by molar-refractivity contribution is 0.172. The summed E-state index contributed by atoms with van der Waals surface area (Å²) in [5.41, 5.74) is 10.3. The van der Waals surface area contributed by atoms with Crippen molar-refractivity contribution in [3.63, 3.8) is 0 Å². The molecule has 5 heteroatoms. The number of ether oxygens (including phenoxy) is 1. The van der Waals surface area contributed by atoms with Crippen molar-refractivity contribution in [1.82, 2.24) is 15.2 Å². The molecule has 3 N–H and O–H groups in total. The molecule has 2 heterocycles. The van der Waals surface area contributed by atoms with Crippen LogP contribution < -0.4 is 5.73 Å². The van der Waals surface area contributed by atoms with Gasteiger partial charge in [-0.05, 0) is 29.2 Å². The molecule has 0 spiro atoms. The number of nitrogens with two attached hydrogens (primary N) is 1. The first-order chi connectivity index (χ1) is 11.2. The maximum Gasteiger partial charge on any atom is 0.155 e. The van der Waals surface area contributed by atoms with E-state index in [4.69, 9.17) is 10.5 Å². The standard InChI is InChI=1S/C18H22N4O.2H2/c1-18(12-19,7-9-23-2)14-5-3-4-13(10-14)15-6-8-20-17-16(15)11-21-22-17;;/h3-6,8,10-11H,7,9,12,19H2,1-2H3,(H,20,21,22);2*1H. The molecule has 0 aliphatic rings. The van der Waals surface area contributed by atoms with Crippen molar-refractivity contribution in [1.29, 1.82) is 0 Å². The molecule has 23 heavy (non-hydrogen) atoms. The van der Waals surface area contributed by atoms with Crippen molar-refractivity contribution < 1.29 is 7.59 Å². The predicted molar refractivity (Wildman–Crippen MR) is 96.5 cm³/mol. The summed E-state index contributed by atoms with van der Waals surface area (Å²) < 4.78 is 5.25. The number of fused-ring (bicyclic) bond motifs is 1. The number of hydrogen-bond donors (Lipinski definition) is 2. The van der Waals surface area contributed by atoms with Gasteiger partial charge in [-0.3, -0.25) is 5.10 Å². The molecular formula is C18H26N4O. The van der Waals surface area contributed by atoms with E-state index in [1.807, 2.05) is 12.3 Å². The Morgan fingerprint density at radius 3 is 3.00 bits per heavy atom. The SMILES string of the molecule is COCCC(C)(CN)c1cccc(-c2ccnc3[nH]ncc23)c1.[HH].[HH]. The Hall–Kier alpha value is -2.24. The molecule has 3 aromatic rings. The molecule has 0 bridgehead atoms. The van der Waals surface area contributed by atoms with Crippen LogP contribution in [0.15, 0.2) is 42.7 Å². The smallest absolute Gasteiger partial charge is 0.155 e. The van der Waals surface area contributed by atoms with E-state index in [1.165, 1.54) is 5.56 Å². The average molecular weight is 314 g/mol. The first kappa shape index (κ1) is 15.6. The van der Waals surface area contributed by atoms with Gasteiger partial charge >= 0.3 is 0 Å². The molecule has 0 amide bonds. The number of nitrogens with one attached hydrogen (secondary N) is 1. The highest BCUT2D eigenvalue weighted by molar-refractivity contribution is 5.92. The third-order valence-corrected chi connectivity index (χ3v) is 4.53. The molecule has 0 saturated carbocycles. The summed E-state index contributed by atoms with van der Waals surface area (Å²) in [5, 5.41) is 8.03. The summed E-state index contributed by atoms with van der Waals surface area (Å²) >= 11 is 0. The third kappa shape index (κ3) is 2.98. The van der Waals surface area contributed by atoms with E-state index >= 15 is 0 Å². The van der Waals surface area contributed by atoms with Crippen LogP contribution in [-0.2, 0) is 10.2 Å². The fraction of sp³-hybridized carbons (Fsp3) is 0.333. The van der Waals surface area contributed by atoms with Crippen molar-refractivity contribution in [2.24, 2.45) is 5.73 Å². The summed E-state index contributed by atoms with van der Waals surface area (Å²) in [4.78, 5) is 4.30. The van der Waals surface area contributed by atoms with E-state index in [1.54, 1.807) is 13.3 Å². The molecule has 124 valence electrons. The van der Waals surface area contributed by atoms with Gasteiger partial charge in [0, 0.05) is 40.1 Å². The Bertz CT molecular complexity index is 808. The first-order valence-electron chi connectivity index (χ1n) is 7.76. The second-order valence-electron chi connectivity index (χ2n) is 6.08. The average Bonchev–Trinajstić information content (AvgIpc) is 3.08. The Morgan fingerprint density at radius 2 is 2.22 bits per heavy atom. The largest absolute Gasteiger partial charge is 0.385 e. The lowest BCUT2D eigenvalue weighted by Gasteiger charge is -2.29. The van der Waals surface area contributed by atoms with Crippen LogP contribution in [0.25, 0.3) is 22.2 Å². The first-order valence-corrected chi connectivity index (χ1v) is 7.76. The van der Waals surface area contributed by atoms with Crippen LogP contribution in [-0.4, -0.2) is 35.4 Å². The number of pyridine rings is 1. The lowest BCUT2D eigenvalue weighted by atomic mass is 9.79. The van der Waals surface area contributed by atoms with Gasteiger partial charge in [-0.15, -0.1) is 0 Å². The molecule has 2 aromatic heterocycles. The van der Waals surface area contributed by atoms with Crippen LogP contribution in [0.3, 0.4) is 0 Å². The van der Waals surface area contributed by atoms with E-state index in [9.17, 15) is 0 Å². The van der Waals surface area contributed by atoms with Gasteiger partial charge in [0.1, 0.15) is 0 Å². The Balaban J connectivity index is 0.00000156. The minimum atomic E-state index is -0.103. The molecule has 0 radical (unpaired) electrons. The van der Waals surface area contributed by atoms with Crippen LogP contribution in [0.5, 0.6) is 0 Å². The molecule has 5 nitrogen and oxygen atoms in total. The molecule has 1 atom stereocenters. The number of aromatic nitrogens is 3. The fourth-order valence-corrected chi connectivity index (χ4v) is 2.86. The van der Waals surface area contributed by atoms with E-state index in [2.05, 4.69) is 46.4 Å². The van der Waals surface area contributed by atoms with Crippen LogP contribution in [0, 0.1) is 0 Å². The number of hydrogen-bond acceptors (Lipinski definition) is 4. The highest BCUT2D eigenvalue weighted by atomic mass is 16.5. The molecular weight excluding hydrogens is 288 g/mol. The number of methoxy groups -OCH3 is 1. The van der Waals surface area contributed by atoms with E-state index < -0.39 is 0 Å². The van der Waals surface area contributed by atoms with E-state index in [0.29, 0.717) is 13.2 Å². The van der Waals surface area contributed by atoms with Crippen molar-refractivity contribution in [3.8, 4) is 11.1 Å². The van der Waals surface area contributed by atoms with Gasteiger partial charge in [0.05, 0.1) is 6.20 Å². The van der Waals surface area contributed by atoms with E-state index in [0.717, 1.165) is 28.6 Å². The summed E-state index contributed by atoms with van der Waals surface area (Å²) in [5.74, 6) is 0. The Morgan fingerprint density at radius 1 is 1.35 bits per heavy atom. The molecule has 1 aromatic carbocycles. The molecule has 0 fully saturated rings. The monoisotopic (exact) mass is 314 g/mol. The Labute approximate surface area is 138 Å². The molecule has 0 aliphatic heterocycles. The van der Waals surface area contributed by atoms with Gasteiger partial charge in [-0.2, -0.15) is 5.10 Å². The number of aromatic amines is 1. The molecule has 1 unspecified atom stereocenters. The van der Waals surface area contributed by atoms with Gasteiger partial charge in [0.2, 0.25) is 0 Å². The van der Waals surface area contributed by atoms with Crippen LogP contribution >= 0.6 is 0 Å². The maximum absolute atomic E-state index is 6.06. The maximum atomic E-state index is 6.06. The molecule has 0 aliphatic carbocycles.